The van der Waals surface area contributed by atoms with E-state index in [1.807, 2.05) is 36.5 Å². The Morgan fingerprint density at radius 2 is 1.88 bits per heavy atom. The summed E-state index contributed by atoms with van der Waals surface area (Å²) in [4.78, 5) is 15.5. The highest BCUT2D eigenvalue weighted by atomic mass is 16.1. The van der Waals surface area contributed by atoms with E-state index in [4.69, 9.17) is 0 Å². The Kier molecular flexibility index (Phi) is 1.86. The summed E-state index contributed by atoms with van der Waals surface area (Å²) < 4.78 is 1.63. The second-order valence-corrected chi connectivity index (χ2v) is 3.53. The molecule has 0 aliphatic heterocycles. The Balaban J connectivity index is 2.23. The van der Waals surface area contributed by atoms with Gasteiger partial charge in [0.2, 0.25) is 0 Å². The number of imidazole rings is 1. The van der Waals surface area contributed by atoms with Gasteiger partial charge in [-0.25, -0.2) is 9.50 Å². The van der Waals surface area contributed by atoms with Gasteiger partial charge in [0.1, 0.15) is 0 Å². The lowest BCUT2D eigenvalue weighted by Gasteiger charge is -1.92. The zero-order valence-corrected chi connectivity index (χ0v) is 8.42. The zero-order valence-electron chi connectivity index (χ0n) is 8.42. The van der Waals surface area contributed by atoms with E-state index in [0.29, 0.717) is 0 Å². The molecule has 0 aliphatic rings. The molecule has 4 nitrogen and oxygen atoms in total. The van der Waals surface area contributed by atoms with Crippen LogP contribution in [-0.4, -0.2) is 14.6 Å². The summed E-state index contributed by atoms with van der Waals surface area (Å²) in [6.07, 6.45) is 1.81. The van der Waals surface area contributed by atoms with E-state index < -0.39 is 0 Å². The lowest BCUT2D eigenvalue weighted by Crippen LogP contribution is -2.07. The van der Waals surface area contributed by atoms with Crippen molar-refractivity contribution in [3.8, 4) is 11.3 Å². The van der Waals surface area contributed by atoms with Gasteiger partial charge in [-0.3, -0.25) is 9.89 Å². The van der Waals surface area contributed by atoms with Crippen molar-refractivity contribution in [2.24, 2.45) is 0 Å². The molecule has 0 radical (unpaired) electrons. The van der Waals surface area contributed by atoms with E-state index in [9.17, 15) is 4.79 Å². The van der Waals surface area contributed by atoms with E-state index in [1.54, 1.807) is 10.6 Å². The van der Waals surface area contributed by atoms with Crippen LogP contribution in [0.4, 0.5) is 0 Å². The average Bonchev–Trinajstić information content (AvgIpc) is 2.73. The first-order valence-corrected chi connectivity index (χ1v) is 4.97. The number of H-pyrrole nitrogens is 1. The molecular formula is C12H9N3O. The van der Waals surface area contributed by atoms with Crippen molar-refractivity contribution in [3.05, 3.63) is 59.0 Å². The van der Waals surface area contributed by atoms with Gasteiger partial charge in [0, 0.05) is 11.6 Å². The first kappa shape index (κ1) is 8.91. The molecule has 2 aromatic heterocycles. The molecule has 16 heavy (non-hydrogen) atoms. The third-order valence-electron chi connectivity index (χ3n) is 2.42. The summed E-state index contributed by atoms with van der Waals surface area (Å²) in [5, 5.41) is 2.68. The average molecular weight is 211 g/mol. The number of aromatic nitrogens is 3. The number of aromatic amines is 1. The van der Waals surface area contributed by atoms with Crippen LogP contribution in [0, 0.1) is 0 Å². The number of rotatable bonds is 1. The van der Waals surface area contributed by atoms with Crippen molar-refractivity contribution in [2.75, 3.05) is 0 Å². The summed E-state index contributed by atoms with van der Waals surface area (Å²) in [7, 11) is 0. The van der Waals surface area contributed by atoms with Gasteiger partial charge >= 0.3 is 0 Å². The quantitative estimate of drug-likeness (QED) is 0.665. The van der Waals surface area contributed by atoms with Gasteiger partial charge in [0.25, 0.3) is 5.56 Å². The zero-order chi connectivity index (χ0) is 11.0. The number of benzene rings is 1. The maximum Gasteiger partial charge on any atom is 0.262 e. The van der Waals surface area contributed by atoms with E-state index in [2.05, 4.69) is 10.1 Å². The minimum absolute atomic E-state index is 0.135. The summed E-state index contributed by atoms with van der Waals surface area (Å²) in [5.41, 5.74) is 2.48. The Bertz CT molecular complexity index is 682. The summed E-state index contributed by atoms with van der Waals surface area (Å²) in [5.74, 6) is 0. The molecule has 0 unspecified atom stereocenters. The molecule has 0 bridgehead atoms. The molecular weight excluding hydrogens is 202 g/mol. The van der Waals surface area contributed by atoms with Crippen molar-refractivity contribution in [1.82, 2.24) is 14.6 Å². The largest absolute Gasteiger partial charge is 0.268 e. The van der Waals surface area contributed by atoms with E-state index in [-0.39, 0.29) is 5.56 Å². The van der Waals surface area contributed by atoms with Gasteiger partial charge in [-0.1, -0.05) is 30.3 Å². The maximum absolute atomic E-state index is 11.1. The molecule has 0 spiro atoms. The molecule has 1 aromatic carbocycles. The molecule has 0 aliphatic carbocycles. The number of hydrogen-bond acceptors (Lipinski definition) is 2. The molecule has 78 valence electrons. The monoisotopic (exact) mass is 211 g/mol. The molecule has 3 aromatic rings. The van der Waals surface area contributed by atoms with Crippen LogP contribution < -0.4 is 5.56 Å². The highest BCUT2D eigenvalue weighted by Crippen LogP contribution is 2.17. The Labute approximate surface area is 91.2 Å². The molecule has 0 amide bonds. The van der Waals surface area contributed by atoms with Crippen molar-refractivity contribution in [2.45, 2.75) is 0 Å². The SMILES string of the molecule is O=c1ccc2nc(-c3ccccc3)cn2[nH]1. The molecule has 0 saturated heterocycles. The number of nitrogens with zero attached hydrogens (tertiary/aromatic N) is 2. The fourth-order valence-electron chi connectivity index (χ4n) is 1.66. The number of fused-ring (bicyclic) bond motifs is 1. The fraction of sp³-hybridized carbons (Fsp3) is 0. The predicted octanol–water partition coefficient (Wildman–Crippen LogP) is 1.69. The standard InChI is InChI=1S/C12H9N3O/c16-12-7-6-11-13-10(8-15(11)14-12)9-4-2-1-3-5-9/h1-8H,(H,14,16). The minimum atomic E-state index is -0.135. The van der Waals surface area contributed by atoms with Gasteiger partial charge in [0.15, 0.2) is 5.65 Å². The molecule has 2 heterocycles. The van der Waals surface area contributed by atoms with Crippen LogP contribution in [0.25, 0.3) is 16.9 Å². The van der Waals surface area contributed by atoms with E-state index in [1.165, 1.54) is 6.07 Å². The van der Waals surface area contributed by atoms with Crippen LogP contribution in [0.3, 0.4) is 0 Å². The smallest absolute Gasteiger partial charge is 0.262 e. The summed E-state index contributed by atoms with van der Waals surface area (Å²) >= 11 is 0. The summed E-state index contributed by atoms with van der Waals surface area (Å²) in [6.45, 7) is 0. The van der Waals surface area contributed by atoms with Gasteiger partial charge in [-0.2, -0.15) is 0 Å². The third-order valence-corrected chi connectivity index (χ3v) is 2.42. The molecule has 0 fully saturated rings. The molecule has 1 N–H and O–H groups in total. The topological polar surface area (TPSA) is 50.2 Å². The van der Waals surface area contributed by atoms with E-state index in [0.717, 1.165) is 16.9 Å². The molecule has 0 atom stereocenters. The van der Waals surface area contributed by atoms with Gasteiger partial charge < -0.3 is 0 Å². The van der Waals surface area contributed by atoms with Crippen LogP contribution in [0.5, 0.6) is 0 Å². The van der Waals surface area contributed by atoms with Gasteiger partial charge in [-0.15, -0.1) is 0 Å². The van der Waals surface area contributed by atoms with Gasteiger partial charge in [0.05, 0.1) is 11.9 Å². The lowest BCUT2D eigenvalue weighted by atomic mass is 10.2. The second-order valence-electron chi connectivity index (χ2n) is 3.53. The second kappa shape index (κ2) is 3.34. The highest BCUT2D eigenvalue weighted by Gasteiger charge is 2.03. The lowest BCUT2D eigenvalue weighted by molar-refractivity contribution is 0.905. The summed E-state index contributed by atoms with van der Waals surface area (Å²) in [6, 6.07) is 13.0. The van der Waals surface area contributed by atoms with Crippen molar-refractivity contribution >= 4 is 5.65 Å². The first-order valence-electron chi connectivity index (χ1n) is 4.97. The molecule has 4 heteroatoms. The van der Waals surface area contributed by atoms with Crippen LogP contribution in [0.1, 0.15) is 0 Å². The van der Waals surface area contributed by atoms with E-state index >= 15 is 0 Å². The number of nitrogens with one attached hydrogen (secondary N) is 1. The Morgan fingerprint density at radius 1 is 1.06 bits per heavy atom. The van der Waals surface area contributed by atoms with Crippen molar-refractivity contribution in [3.63, 3.8) is 0 Å². The molecule has 0 saturated carbocycles. The van der Waals surface area contributed by atoms with Crippen LogP contribution in [0.15, 0.2) is 53.5 Å². The normalized spacial score (nSPS) is 10.8. The Hall–Kier alpha value is -2.36. The van der Waals surface area contributed by atoms with Crippen LogP contribution in [0.2, 0.25) is 0 Å². The predicted molar refractivity (Wildman–Crippen MR) is 61.2 cm³/mol. The third kappa shape index (κ3) is 1.40. The fourth-order valence-corrected chi connectivity index (χ4v) is 1.66. The van der Waals surface area contributed by atoms with Crippen molar-refractivity contribution < 1.29 is 0 Å². The Morgan fingerprint density at radius 3 is 2.69 bits per heavy atom. The van der Waals surface area contributed by atoms with Crippen LogP contribution in [-0.2, 0) is 0 Å². The van der Waals surface area contributed by atoms with Crippen LogP contribution >= 0.6 is 0 Å². The highest BCUT2D eigenvalue weighted by molar-refractivity contribution is 5.61. The number of hydrogen-bond donors (Lipinski definition) is 1. The molecule has 3 rings (SSSR count). The van der Waals surface area contributed by atoms with Gasteiger partial charge in [-0.05, 0) is 6.07 Å². The first-order chi connectivity index (χ1) is 7.83. The minimum Gasteiger partial charge on any atom is -0.268 e. The maximum atomic E-state index is 11.1. The van der Waals surface area contributed by atoms with Crippen molar-refractivity contribution in [1.29, 1.82) is 0 Å².